The van der Waals surface area contributed by atoms with E-state index >= 15 is 0 Å². The van der Waals surface area contributed by atoms with Crippen LogP contribution in [0.4, 0.5) is 5.13 Å². The molecule has 0 spiro atoms. The van der Waals surface area contributed by atoms with Gasteiger partial charge in [-0.25, -0.2) is 13.4 Å². The first kappa shape index (κ1) is 25.1. The van der Waals surface area contributed by atoms with Crippen molar-refractivity contribution in [1.82, 2.24) is 9.29 Å². The average molecular weight is 585 g/mol. The van der Waals surface area contributed by atoms with Crippen molar-refractivity contribution < 1.29 is 13.2 Å². The molecule has 1 aliphatic heterocycles. The molecule has 4 aromatic rings. The molecule has 1 aromatic heterocycles. The summed E-state index contributed by atoms with van der Waals surface area (Å²) in [6.45, 7) is 2.98. The van der Waals surface area contributed by atoms with E-state index in [1.807, 2.05) is 55.5 Å². The number of anilines is 1. The topological polar surface area (TPSA) is 70.6 Å². The lowest BCUT2D eigenvalue weighted by molar-refractivity contribution is -0.123. The van der Waals surface area contributed by atoms with E-state index in [1.54, 1.807) is 29.2 Å². The largest absolute Gasteiger partial charge is 0.283 e. The van der Waals surface area contributed by atoms with Crippen LogP contribution in [0, 0.1) is 12.8 Å². The second-order valence-electron chi connectivity index (χ2n) is 9.01. The van der Waals surface area contributed by atoms with E-state index in [4.69, 9.17) is 4.98 Å². The zero-order valence-electron chi connectivity index (χ0n) is 19.8. The Morgan fingerprint density at radius 1 is 1.06 bits per heavy atom. The Labute approximate surface area is 223 Å². The third-order valence-corrected chi connectivity index (χ3v) is 9.93. The lowest BCUT2D eigenvalue weighted by Gasteiger charge is -2.33. The summed E-state index contributed by atoms with van der Waals surface area (Å²) in [6.07, 6.45) is 0.956. The van der Waals surface area contributed by atoms with Crippen molar-refractivity contribution in [2.75, 3.05) is 18.0 Å². The number of carbonyl (C=O) groups excluding carboxylic acids is 1. The number of sulfonamides is 1. The number of benzene rings is 3. The molecule has 3 aromatic carbocycles. The number of aryl methyl sites for hydroxylation is 1. The van der Waals surface area contributed by atoms with E-state index in [-0.39, 0.29) is 11.8 Å². The van der Waals surface area contributed by atoms with Gasteiger partial charge in [0.05, 0.1) is 21.7 Å². The minimum Gasteiger partial charge on any atom is -0.283 e. The van der Waals surface area contributed by atoms with Gasteiger partial charge in [0.15, 0.2) is 5.13 Å². The van der Waals surface area contributed by atoms with Crippen LogP contribution in [0.1, 0.15) is 24.0 Å². The second-order valence-corrected chi connectivity index (χ2v) is 12.9. The lowest BCUT2D eigenvalue weighted by Crippen LogP contribution is -2.44. The Balaban J connectivity index is 1.37. The van der Waals surface area contributed by atoms with Gasteiger partial charge in [-0.1, -0.05) is 75.3 Å². The van der Waals surface area contributed by atoms with Gasteiger partial charge in [-0.15, -0.1) is 0 Å². The molecule has 0 N–H and O–H groups in total. The predicted octanol–water partition coefficient (Wildman–Crippen LogP) is 6.00. The Morgan fingerprint density at radius 2 is 1.75 bits per heavy atom. The number of nitrogens with zero attached hydrogens (tertiary/aromatic N) is 3. The first-order chi connectivity index (χ1) is 17.3. The van der Waals surface area contributed by atoms with E-state index in [9.17, 15) is 13.2 Å². The Kier molecular flexibility index (Phi) is 7.25. The van der Waals surface area contributed by atoms with Crippen molar-refractivity contribution in [3.05, 3.63) is 88.4 Å². The van der Waals surface area contributed by atoms with Crippen LogP contribution in [-0.2, 0) is 21.4 Å². The highest BCUT2D eigenvalue weighted by atomic mass is 79.9. The zero-order valence-corrected chi connectivity index (χ0v) is 23.0. The number of piperidine rings is 1. The van der Waals surface area contributed by atoms with Crippen LogP contribution < -0.4 is 4.90 Å². The lowest BCUT2D eigenvalue weighted by atomic mass is 9.96. The minimum atomic E-state index is -3.58. The van der Waals surface area contributed by atoms with Crippen LogP contribution in [0.5, 0.6) is 0 Å². The molecule has 0 unspecified atom stereocenters. The molecular formula is C27H26BrN3O3S2. The molecule has 1 fully saturated rings. The number of hydrogen-bond donors (Lipinski definition) is 0. The van der Waals surface area contributed by atoms with Gasteiger partial charge in [0.2, 0.25) is 15.9 Å². The summed E-state index contributed by atoms with van der Waals surface area (Å²) in [5.41, 5.74) is 2.88. The van der Waals surface area contributed by atoms with Crippen LogP contribution in [0.15, 0.2) is 82.2 Å². The molecule has 5 rings (SSSR count). The molecule has 0 radical (unpaired) electrons. The van der Waals surface area contributed by atoms with Crippen LogP contribution in [-0.4, -0.2) is 36.7 Å². The predicted molar refractivity (Wildman–Crippen MR) is 148 cm³/mol. The van der Waals surface area contributed by atoms with E-state index in [1.165, 1.54) is 15.6 Å². The molecule has 1 amide bonds. The third-order valence-electron chi connectivity index (χ3n) is 6.48. The summed E-state index contributed by atoms with van der Waals surface area (Å²) in [5, 5.41) is 0.659. The average Bonchev–Trinajstić information content (AvgIpc) is 3.31. The highest BCUT2D eigenvalue weighted by molar-refractivity contribution is 9.10. The number of rotatable bonds is 6. The number of hydrogen-bond acceptors (Lipinski definition) is 5. The molecule has 186 valence electrons. The standard InChI is InChI=1S/C27H26BrN3O3S2/c1-19-7-10-23(11-8-19)36(33,34)30-15-13-21(14-16-30)26(32)31(18-20-5-3-2-4-6-20)27-29-24-12-9-22(28)17-25(24)35-27/h2-12,17,21H,13-16,18H2,1H3. The molecular weight excluding hydrogens is 558 g/mol. The van der Waals surface area contributed by atoms with Gasteiger partial charge in [-0.2, -0.15) is 4.31 Å². The molecule has 6 nitrogen and oxygen atoms in total. The molecule has 0 bridgehead atoms. The summed E-state index contributed by atoms with van der Waals surface area (Å²) < 4.78 is 29.7. The fourth-order valence-corrected chi connectivity index (χ4v) is 7.42. The van der Waals surface area contributed by atoms with Gasteiger partial charge in [-0.3, -0.25) is 9.69 Å². The SMILES string of the molecule is Cc1ccc(S(=O)(=O)N2CCC(C(=O)N(Cc3ccccc3)c3nc4ccc(Br)cc4s3)CC2)cc1. The normalized spacial score (nSPS) is 15.3. The zero-order chi connectivity index (χ0) is 25.3. The highest BCUT2D eigenvalue weighted by Gasteiger charge is 2.35. The number of fused-ring (bicyclic) bond motifs is 1. The van der Waals surface area contributed by atoms with Crippen LogP contribution in [0.3, 0.4) is 0 Å². The molecule has 0 aliphatic carbocycles. The summed E-state index contributed by atoms with van der Waals surface area (Å²) in [4.78, 5) is 20.7. The maximum absolute atomic E-state index is 13.8. The molecule has 9 heteroatoms. The van der Waals surface area contributed by atoms with Crippen LogP contribution in [0.2, 0.25) is 0 Å². The van der Waals surface area contributed by atoms with E-state index < -0.39 is 10.0 Å². The number of aromatic nitrogens is 1. The minimum absolute atomic E-state index is 0.00985. The van der Waals surface area contributed by atoms with Crippen molar-refractivity contribution in [2.24, 2.45) is 5.92 Å². The molecule has 1 aliphatic rings. The van der Waals surface area contributed by atoms with E-state index in [0.29, 0.717) is 42.5 Å². The van der Waals surface area contributed by atoms with Crippen molar-refractivity contribution in [1.29, 1.82) is 0 Å². The molecule has 2 heterocycles. The maximum atomic E-state index is 13.8. The Hall–Kier alpha value is -2.59. The van der Waals surface area contributed by atoms with Crippen molar-refractivity contribution >= 4 is 58.5 Å². The number of thiazole rings is 1. The summed E-state index contributed by atoms with van der Waals surface area (Å²) in [6, 6.07) is 22.7. The van der Waals surface area contributed by atoms with Gasteiger partial charge < -0.3 is 0 Å². The van der Waals surface area contributed by atoms with Gasteiger partial charge in [0.25, 0.3) is 0 Å². The fraction of sp³-hybridized carbons (Fsp3) is 0.259. The maximum Gasteiger partial charge on any atom is 0.243 e. The van der Waals surface area contributed by atoms with Crippen molar-refractivity contribution in [3.8, 4) is 0 Å². The smallest absolute Gasteiger partial charge is 0.243 e. The number of amides is 1. The van der Waals surface area contributed by atoms with E-state index in [2.05, 4.69) is 15.9 Å². The number of carbonyl (C=O) groups is 1. The Morgan fingerprint density at radius 3 is 2.44 bits per heavy atom. The van der Waals surface area contributed by atoms with Gasteiger partial charge in [0.1, 0.15) is 0 Å². The number of halogens is 1. The van der Waals surface area contributed by atoms with Crippen LogP contribution >= 0.6 is 27.3 Å². The Bertz CT molecular complexity index is 1480. The third kappa shape index (κ3) is 5.25. The van der Waals surface area contributed by atoms with Crippen molar-refractivity contribution in [2.45, 2.75) is 31.2 Å². The molecule has 36 heavy (non-hydrogen) atoms. The first-order valence-electron chi connectivity index (χ1n) is 11.8. The summed E-state index contributed by atoms with van der Waals surface area (Å²) in [7, 11) is -3.58. The molecule has 1 saturated heterocycles. The quantitative estimate of drug-likeness (QED) is 0.279. The second kappa shape index (κ2) is 10.4. The van der Waals surface area contributed by atoms with Gasteiger partial charge in [-0.05, 0) is 55.7 Å². The van der Waals surface area contributed by atoms with Gasteiger partial charge >= 0.3 is 0 Å². The van der Waals surface area contributed by atoms with Crippen molar-refractivity contribution in [3.63, 3.8) is 0 Å². The first-order valence-corrected chi connectivity index (χ1v) is 14.8. The fourth-order valence-electron chi connectivity index (χ4n) is 4.43. The summed E-state index contributed by atoms with van der Waals surface area (Å²) >= 11 is 5.00. The van der Waals surface area contributed by atoms with Gasteiger partial charge in [0, 0.05) is 23.5 Å². The molecule has 0 saturated carbocycles. The van der Waals surface area contributed by atoms with Crippen LogP contribution in [0.25, 0.3) is 10.2 Å². The molecule has 0 atom stereocenters. The monoisotopic (exact) mass is 583 g/mol. The van der Waals surface area contributed by atoms with E-state index in [0.717, 1.165) is 25.8 Å². The highest BCUT2D eigenvalue weighted by Crippen LogP contribution is 2.34. The summed E-state index contributed by atoms with van der Waals surface area (Å²) in [5.74, 6) is -0.277.